The van der Waals surface area contributed by atoms with Gasteiger partial charge in [-0.1, -0.05) is 30.7 Å². The molecule has 3 rings (SSSR count). The zero-order valence-electron chi connectivity index (χ0n) is 19.0. The van der Waals surface area contributed by atoms with Crippen LogP contribution in [0.2, 0.25) is 0 Å². The number of morpholine rings is 2. The third-order valence-electron chi connectivity index (χ3n) is 5.70. The van der Waals surface area contributed by atoms with Gasteiger partial charge in [0.05, 0.1) is 26.4 Å². The molecule has 2 aliphatic rings. The molecule has 2 atom stereocenters. The van der Waals surface area contributed by atoms with E-state index in [1.807, 2.05) is 0 Å². The molecule has 2 heterocycles. The molecule has 0 amide bonds. The van der Waals surface area contributed by atoms with Gasteiger partial charge in [0.25, 0.3) is 0 Å². The largest absolute Gasteiger partial charge is 0.379 e. The van der Waals surface area contributed by atoms with Gasteiger partial charge in [-0.05, 0) is 37.8 Å². The molecular weight excluding hydrogens is 491 g/mol. The van der Waals surface area contributed by atoms with Crippen LogP contribution in [0, 0.1) is 19.8 Å². The molecule has 0 spiro atoms. The minimum atomic E-state index is 0. The molecule has 2 saturated heterocycles. The maximum absolute atomic E-state index is 6.13. The fourth-order valence-corrected chi connectivity index (χ4v) is 4.17. The van der Waals surface area contributed by atoms with Crippen molar-refractivity contribution in [3.05, 3.63) is 34.9 Å². The number of rotatable bonds is 6. The Morgan fingerprint density at radius 1 is 1.20 bits per heavy atom. The van der Waals surface area contributed by atoms with Crippen molar-refractivity contribution in [1.82, 2.24) is 15.1 Å². The van der Waals surface area contributed by atoms with Gasteiger partial charge >= 0.3 is 0 Å². The second kappa shape index (κ2) is 12.8. The number of aryl methyl sites for hydroxylation is 2. The van der Waals surface area contributed by atoms with E-state index in [9.17, 15) is 0 Å². The summed E-state index contributed by atoms with van der Waals surface area (Å²) in [4.78, 5) is 9.83. The molecule has 0 bridgehead atoms. The van der Waals surface area contributed by atoms with Crippen LogP contribution in [0.1, 0.15) is 36.6 Å². The third-order valence-corrected chi connectivity index (χ3v) is 5.70. The van der Waals surface area contributed by atoms with E-state index in [1.165, 1.54) is 16.7 Å². The van der Waals surface area contributed by atoms with E-state index in [4.69, 9.17) is 14.5 Å². The summed E-state index contributed by atoms with van der Waals surface area (Å²) in [6, 6.07) is 6.63. The first kappa shape index (κ1) is 25.4. The van der Waals surface area contributed by atoms with E-state index in [0.29, 0.717) is 5.92 Å². The molecule has 1 aromatic carbocycles. The van der Waals surface area contributed by atoms with Crippen molar-refractivity contribution in [2.24, 2.45) is 10.9 Å². The highest BCUT2D eigenvalue weighted by atomic mass is 127. The minimum Gasteiger partial charge on any atom is -0.379 e. The Kier molecular flexibility index (Phi) is 10.8. The quantitative estimate of drug-likeness (QED) is 0.348. The van der Waals surface area contributed by atoms with Crippen molar-refractivity contribution >= 4 is 29.9 Å². The Morgan fingerprint density at radius 2 is 1.97 bits per heavy atom. The molecule has 2 fully saturated rings. The van der Waals surface area contributed by atoms with Gasteiger partial charge < -0.3 is 19.7 Å². The second-order valence-corrected chi connectivity index (χ2v) is 8.38. The highest BCUT2D eigenvalue weighted by Crippen LogP contribution is 2.26. The molecule has 0 aromatic heterocycles. The van der Waals surface area contributed by atoms with E-state index in [2.05, 4.69) is 61.0 Å². The van der Waals surface area contributed by atoms with Crippen molar-refractivity contribution < 1.29 is 9.47 Å². The van der Waals surface area contributed by atoms with E-state index >= 15 is 0 Å². The monoisotopic (exact) mass is 530 g/mol. The van der Waals surface area contributed by atoms with Crippen LogP contribution < -0.4 is 5.32 Å². The third kappa shape index (κ3) is 7.35. The maximum atomic E-state index is 6.13. The van der Waals surface area contributed by atoms with Crippen molar-refractivity contribution in [3.8, 4) is 0 Å². The summed E-state index contributed by atoms with van der Waals surface area (Å²) in [5.41, 5.74) is 3.89. The van der Waals surface area contributed by atoms with Crippen LogP contribution in [0.4, 0.5) is 0 Å². The van der Waals surface area contributed by atoms with E-state index < -0.39 is 0 Å². The zero-order chi connectivity index (χ0) is 20.6. The minimum absolute atomic E-state index is 0. The molecule has 2 unspecified atom stereocenters. The first-order chi connectivity index (χ1) is 14.1. The maximum Gasteiger partial charge on any atom is 0.194 e. The Balaban J connectivity index is 0.00000320. The van der Waals surface area contributed by atoms with E-state index in [0.717, 1.165) is 71.6 Å². The van der Waals surface area contributed by atoms with Gasteiger partial charge in [0.15, 0.2) is 5.96 Å². The number of nitrogens with zero attached hydrogens (tertiary/aromatic N) is 3. The molecule has 30 heavy (non-hydrogen) atoms. The fourth-order valence-electron chi connectivity index (χ4n) is 4.17. The van der Waals surface area contributed by atoms with E-state index in [1.54, 1.807) is 0 Å². The predicted octanol–water partition coefficient (Wildman–Crippen LogP) is 3.23. The lowest BCUT2D eigenvalue weighted by atomic mass is 10.00. The fraction of sp³-hybridized carbons (Fsp3) is 0.696. The van der Waals surface area contributed by atoms with Crippen molar-refractivity contribution in [3.63, 3.8) is 0 Å². The predicted molar refractivity (Wildman–Crippen MR) is 134 cm³/mol. The van der Waals surface area contributed by atoms with Gasteiger partial charge in [0.2, 0.25) is 0 Å². The van der Waals surface area contributed by atoms with Crippen LogP contribution in [0.5, 0.6) is 0 Å². The number of nitrogens with one attached hydrogen (secondary N) is 1. The van der Waals surface area contributed by atoms with Crippen LogP contribution in [0.25, 0.3) is 0 Å². The number of guanidine groups is 1. The Labute approximate surface area is 199 Å². The van der Waals surface area contributed by atoms with Crippen LogP contribution in [-0.4, -0.2) is 81.4 Å². The van der Waals surface area contributed by atoms with Gasteiger partial charge in [-0.2, -0.15) is 0 Å². The Hall–Kier alpha value is -0.900. The molecule has 6 nitrogen and oxygen atoms in total. The molecular formula is C23H39IN4O2. The summed E-state index contributed by atoms with van der Waals surface area (Å²) in [5.74, 6) is 1.54. The van der Waals surface area contributed by atoms with Gasteiger partial charge in [0.1, 0.15) is 6.10 Å². The van der Waals surface area contributed by atoms with Gasteiger partial charge in [-0.3, -0.25) is 9.89 Å². The van der Waals surface area contributed by atoms with Crippen molar-refractivity contribution in [2.75, 3.05) is 65.6 Å². The van der Waals surface area contributed by atoms with Crippen LogP contribution in [-0.2, 0) is 9.47 Å². The van der Waals surface area contributed by atoms with Gasteiger partial charge in [0, 0.05) is 39.3 Å². The second-order valence-electron chi connectivity index (χ2n) is 8.38. The van der Waals surface area contributed by atoms with Gasteiger partial charge in [-0.15, -0.1) is 24.0 Å². The average Bonchev–Trinajstić information content (AvgIpc) is 2.72. The van der Waals surface area contributed by atoms with Crippen molar-refractivity contribution in [1.29, 1.82) is 0 Å². The summed E-state index contributed by atoms with van der Waals surface area (Å²) in [7, 11) is 0. The lowest BCUT2D eigenvalue weighted by Crippen LogP contribution is -2.48. The topological polar surface area (TPSA) is 49.3 Å². The molecule has 7 heteroatoms. The average molecular weight is 530 g/mol. The summed E-state index contributed by atoms with van der Waals surface area (Å²) in [6.45, 7) is 17.8. The van der Waals surface area contributed by atoms with Crippen molar-refractivity contribution in [2.45, 2.75) is 33.8 Å². The van der Waals surface area contributed by atoms with Crippen LogP contribution in [0.3, 0.4) is 0 Å². The zero-order valence-corrected chi connectivity index (χ0v) is 21.4. The summed E-state index contributed by atoms with van der Waals surface area (Å²) < 4.78 is 11.6. The standard InChI is InChI=1S/C23H38N4O2.HI/c1-5-24-23(25-15-19(3)16-26-8-11-28-12-9-26)27-10-13-29-22(17-27)21-7-6-18(2)14-20(21)4;/h6-7,14,19,22H,5,8-13,15-17H2,1-4H3,(H,24,25);1H. The highest BCUT2D eigenvalue weighted by molar-refractivity contribution is 14.0. The summed E-state index contributed by atoms with van der Waals surface area (Å²) >= 11 is 0. The van der Waals surface area contributed by atoms with E-state index in [-0.39, 0.29) is 30.1 Å². The molecule has 0 saturated carbocycles. The molecule has 170 valence electrons. The lowest BCUT2D eigenvalue weighted by Gasteiger charge is -2.36. The number of halogens is 1. The number of ether oxygens (including phenoxy) is 2. The molecule has 1 aromatic rings. The summed E-state index contributed by atoms with van der Waals surface area (Å²) in [5, 5.41) is 3.49. The number of aliphatic imine (C=N–C) groups is 1. The lowest BCUT2D eigenvalue weighted by molar-refractivity contribution is -0.00837. The van der Waals surface area contributed by atoms with Crippen LogP contribution >= 0.6 is 24.0 Å². The summed E-state index contributed by atoms with van der Waals surface area (Å²) in [6.07, 6.45) is 0.0963. The number of hydrogen-bond donors (Lipinski definition) is 1. The molecule has 0 aliphatic carbocycles. The Bertz CT molecular complexity index is 679. The first-order valence-corrected chi connectivity index (χ1v) is 11.1. The number of hydrogen-bond acceptors (Lipinski definition) is 4. The number of benzene rings is 1. The first-order valence-electron chi connectivity index (χ1n) is 11.1. The van der Waals surface area contributed by atoms with Crippen LogP contribution in [0.15, 0.2) is 23.2 Å². The molecule has 2 aliphatic heterocycles. The molecule has 1 N–H and O–H groups in total. The Morgan fingerprint density at radius 3 is 2.67 bits per heavy atom. The normalized spacial score (nSPS) is 21.8. The SMILES string of the molecule is CCNC(=NCC(C)CN1CCOCC1)N1CCOC(c2ccc(C)cc2C)C1.I. The highest BCUT2D eigenvalue weighted by Gasteiger charge is 2.25. The smallest absolute Gasteiger partial charge is 0.194 e. The molecule has 0 radical (unpaired) electrons. The van der Waals surface area contributed by atoms with Gasteiger partial charge in [-0.25, -0.2) is 0 Å².